The number of benzene rings is 2. The number of fused-ring (bicyclic) bond motifs is 3. The van der Waals surface area contributed by atoms with E-state index >= 15 is 0 Å². The Morgan fingerprint density at radius 1 is 1.05 bits per heavy atom. The van der Waals surface area contributed by atoms with Crippen LogP contribution < -0.4 is 30.1 Å². The molecule has 4 aromatic rings. The lowest BCUT2D eigenvalue weighted by Gasteiger charge is -2.31. The number of ether oxygens (including phenoxy) is 2. The first-order valence-electron chi connectivity index (χ1n) is 20.2. The number of carbonyl (C=O) groups is 3. The van der Waals surface area contributed by atoms with Gasteiger partial charge in [-0.05, 0) is 63.8 Å². The molecule has 2 aromatic carbocycles. The minimum atomic E-state index is -4.33. The van der Waals surface area contributed by atoms with Crippen molar-refractivity contribution >= 4 is 60.8 Å². The van der Waals surface area contributed by atoms with Gasteiger partial charge in [0.05, 0.1) is 30.6 Å². The first-order chi connectivity index (χ1) is 28.1. The van der Waals surface area contributed by atoms with E-state index in [1.54, 1.807) is 46.1 Å². The summed E-state index contributed by atoms with van der Waals surface area (Å²) in [5, 5.41) is 12.9. The normalized spacial score (nSPS) is 23.2. The van der Waals surface area contributed by atoms with Crippen molar-refractivity contribution in [3.8, 4) is 22.9 Å². The van der Waals surface area contributed by atoms with Crippen LogP contribution >= 0.6 is 11.3 Å². The molecule has 4 atom stereocenters. The number of rotatable bonds is 8. The van der Waals surface area contributed by atoms with E-state index in [1.165, 1.54) is 22.3 Å². The Kier molecular flexibility index (Phi) is 11.9. The maximum atomic E-state index is 14.6. The molecule has 16 heteroatoms. The third-order valence-corrected chi connectivity index (χ3v) is 13.0. The van der Waals surface area contributed by atoms with Crippen LogP contribution in [-0.4, -0.2) is 84.9 Å². The van der Waals surface area contributed by atoms with Crippen LogP contribution in [-0.2, 0) is 24.4 Å². The lowest BCUT2D eigenvalue weighted by Crippen LogP contribution is -2.57. The summed E-state index contributed by atoms with van der Waals surface area (Å²) in [6.07, 6.45) is 7.08. The SMILES string of the molecule is COc1ccc2c(O[C@@H]3C[C@@H](C(=O)N[C@]45C[C@H]4C=CCCCCCNc4ccccc4S(=O)(=O)NC5=O)N(C(=O)C(C)(C)C)C3)cc(-c3csc(NC(C)C)n3)nc2c1. The molecule has 59 heavy (non-hydrogen) atoms. The Bertz CT molecular complexity index is 2370. The van der Waals surface area contributed by atoms with E-state index in [-0.39, 0.29) is 36.2 Å². The van der Waals surface area contributed by atoms with E-state index in [0.717, 1.165) is 30.8 Å². The lowest BCUT2D eigenvalue weighted by molar-refractivity contribution is -0.145. The molecule has 3 aliphatic rings. The smallest absolute Gasteiger partial charge is 0.266 e. The van der Waals surface area contributed by atoms with Crippen molar-refractivity contribution in [3.05, 3.63) is 66.1 Å². The number of aromatic nitrogens is 2. The highest BCUT2D eigenvalue weighted by atomic mass is 32.2. The van der Waals surface area contributed by atoms with Crippen LogP contribution in [0.3, 0.4) is 0 Å². The van der Waals surface area contributed by atoms with Gasteiger partial charge in [0.1, 0.15) is 39.8 Å². The molecule has 0 unspecified atom stereocenters. The number of amides is 3. The second kappa shape index (κ2) is 16.8. The van der Waals surface area contributed by atoms with Gasteiger partial charge in [0.25, 0.3) is 15.9 Å². The number of allylic oxidation sites excluding steroid dienone is 1. The van der Waals surface area contributed by atoms with E-state index in [4.69, 9.17) is 19.4 Å². The van der Waals surface area contributed by atoms with Crippen LogP contribution in [0.1, 0.15) is 73.1 Å². The summed E-state index contributed by atoms with van der Waals surface area (Å²) in [6, 6.07) is 13.0. The number of likely N-dealkylation sites (tertiary alicyclic amines) is 1. The maximum absolute atomic E-state index is 14.6. The van der Waals surface area contributed by atoms with Crippen molar-refractivity contribution < 1.29 is 32.3 Å². The standard InChI is InChI=1S/C43H53N7O7S2/c1-26(2)45-41-47-34(25-58-41)33-22-36(30-18-17-28(56-6)20-32(30)46-33)57-29-21-35(50(24-29)40(53)42(3,4)5)38(51)48-43-23-27(43)14-10-8-7-9-13-19-44-31-15-11-12-16-37(31)59(54,55)49-39(43)52/h10-12,14-18,20,22,25-27,29,35,44H,7-9,13,19,21,23-24H2,1-6H3,(H,45,47)(H,48,51)(H,49,52)/t27-,29-,35+,43-/m1/s1. The van der Waals surface area contributed by atoms with Gasteiger partial charge in [0.15, 0.2) is 5.13 Å². The number of pyridine rings is 1. The number of nitrogens with zero attached hydrogens (tertiary/aromatic N) is 3. The molecule has 3 amide bonds. The molecule has 0 bridgehead atoms. The first-order valence-corrected chi connectivity index (χ1v) is 22.5. The van der Waals surface area contributed by atoms with E-state index in [2.05, 4.69) is 20.7 Å². The number of methoxy groups -OCH3 is 1. The van der Waals surface area contributed by atoms with Crippen LogP contribution in [0.4, 0.5) is 10.8 Å². The molecule has 4 heterocycles. The van der Waals surface area contributed by atoms with Gasteiger partial charge in [-0.25, -0.2) is 23.1 Å². The predicted octanol–water partition coefficient (Wildman–Crippen LogP) is 6.50. The van der Waals surface area contributed by atoms with Gasteiger partial charge >= 0.3 is 0 Å². The van der Waals surface area contributed by atoms with Crippen LogP contribution in [0.2, 0.25) is 0 Å². The zero-order valence-electron chi connectivity index (χ0n) is 34.3. The number of sulfonamides is 1. The van der Waals surface area contributed by atoms with Crippen LogP contribution in [0, 0.1) is 11.3 Å². The highest BCUT2D eigenvalue weighted by Gasteiger charge is 2.62. The summed E-state index contributed by atoms with van der Waals surface area (Å²) in [6.45, 7) is 10.1. The second-order valence-corrected chi connectivity index (χ2v) is 19.3. The van der Waals surface area contributed by atoms with Crippen molar-refractivity contribution in [2.45, 2.75) is 102 Å². The van der Waals surface area contributed by atoms with Crippen molar-refractivity contribution in [1.82, 2.24) is 24.9 Å². The number of hydrogen-bond donors (Lipinski definition) is 4. The van der Waals surface area contributed by atoms with E-state index in [1.807, 2.05) is 55.6 Å². The van der Waals surface area contributed by atoms with E-state index < -0.39 is 50.9 Å². The summed E-state index contributed by atoms with van der Waals surface area (Å²) in [7, 11) is -2.74. The Morgan fingerprint density at radius 3 is 2.61 bits per heavy atom. The molecule has 1 aliphatic carbocycles. The van der Waals surface area contributed by atoms with Crippen molar-refractivity contribution in [3.63, 3.8) is 0 Å². The molecule has 0 spiro atoms. The molecule has 14 nitrogen and oxygen atoms in total. The third kappa shape index (κ3) is 9.18. The molecule has 7 rings (SSSR count). The average Bonchev–Trinajstić information content (AvgIpc) is 3.45. The van der Waals surface area contributed by atoms with Crippen molar-refractivity contribution in [2.75, 3.05) is 30.8 Å². The van der Waals surface area contributed by atoms with E-state index in [9.17, 15) is 22.8 Å². The summed E-state index contributed by atoms with van der Waals surface area (Å²) in [4.78, 5) is 53.9. The van der Waals surface area contributed by atoms with Gasteiger partial charge in [0, 0.05) is 53.2 Å². The third-order valence-electron chi connectivity index (χ3n) is 10.8. The monoisotopic (exact) mass is 843 g/mol. The molecule has 314 valence electrons. The summed E-state index contributed by atoms with van der Waals surface area (Å²) in [5.41, 5.74) is -0.121. The Balaban J connectivity index is 1.18. The topological polar surface area (TPSA) is 181 Å². The van der Waals surface area contributed by atoms with Gasteiger partial charge in [0.2, 0.25) is 11.8 Å². The molecule has 2 fully saturated rings. The highest BCUT2D eigenvalue weighted by molar-refractivity contribution is 7.90. The number of anilines is 2. The van der Waals surface area contributed by atoms with Crippen LogP contribution in [0.15, 0.2) is 71.0 Å². The van der Waals surface area contributed by atoms with Gasteiger partial charge in [-0.15, -0.1) is 11.3 Å². The number of thiazole rings is 1. The number of nitrogens with one attached hydrogen (secondary N) is 4. The molecule has 2 aliphatic heterocycles. The van der Waals surface area contributed by atoms with Gasteiger partial charge in [-0.1, -0.05) is 51.5 Å². The summed E-state index contributed by atoms with van der Waals surface area (Å²) in [5.74, 6) is -0.975. The largest absolute Gasteiger partial charge is 0.497 e. The Morgan fingerprint density at radius 2 is 1.85 bits per heavy atom. The number of carbonyl (C=O) groups excluding carboxylic acids is 3. The zero-order valence-corrected chi connectivity index (χ0v) is 36.0. The first kappa shape index (κ1) is 41.9. The van der Waals surface area contributed by atoms with Gasteiger partial charge in [-0.3, -0.25) is 14.4 Å². The highest BCUT2D eigenvalue weighted by Crippen LogP contribution is 2.46. The summed E-state index contributed by atoms with van der Waals surface area (Å²) >= 11 is 1.47. The van der Waals surface area contributed by atoms with Crippen molar-refractivity contribution in [1.29, 1.82) is 0 Å². The average molecular weight is 844 g/mol. The Labute approximate surface area is 349 Å². The molecular weight excluding hydrogens is 791 g/mol. The van der Waals surface area contributed by atoms with Crippen LogP contribution in [0.25, 0.3) is 22.3 Å². The summed E-state index contributed by atoms with van der Waals surface area (Å²) < 4.78 is 42.0. The number of hydrogen-bond acceptors (Lipinski definition) is 12. The fourth-order valence-corrected chi connectivity index (χ4v) is 9.73. The number of para-hydroxylation sites is 1. The zero-order chi connectivity index (χ0) is 42.1. The molecule has 1 saturated carbocycles. The minimum Gasteiger partial charge on any atom is -0.497 e. The second-order valence-electron chi connectivity index (χ2n) is 16.8. The fourth-order valence-electron chi connectivity index (χ4n) is 7.65. The van der Waals surface area contributed by atoms with Crippen LogP contribution in [0.5, 0.6) is 11.5 Å². The fraction of sp³-hybridized carbons (Fsp3) is 0.465. The maximum Gasteiger partial charge on any atom is 0.266 e. The van der Waals surface area contributed by atoms with E-state index in [0.29, 0.717) is 46.0 Å². The molecule has 0 radical (unpaired) electrons. The minimum absolute atomic E-state index is 0.0529. The predicted molar refractivity (Wildman–Crippen MR) is 229 cm³/mol. The van der Waals surface area contributed by atoms with Gasteiger partial charge < -0.3 is 30.3 Å². The quantitative estimate of drug-likeness (QED) is 0.142. The Hall–Kier alpha value is -5.22. The van der Waals surface area contributed by atoms with Crippen molar-refractivity contribution in [2.24, 2.45) is 11.3 Å². The van der Waals surface area contributed by atoms with Gasteiger partial charge in [-0.2, -0.15) is 0 Å². The lowest BCUT2D eigenvalue weighted by atomic mass is 9.94. The molecule has 4 N–H and O–H groups in total. The molecule has 2 aromatic heterocycles. The molecule has 1 saturated heterocycles. The molecular formula is C43H53N7O7S2.